The summed E-state index contributed by atoms with van der Waals surface area (Å²) in [5.74, 6) is 0.799. The van der Waals surface area contributed by atoms with Gasteiger partial charge in [-0.05, 0) is 36.8 Å². The molecule has 4 rings (SSSR count). The minimum atomic E-state index is 0.696. The van der Waals surface area contributed by atoms with Crippen molar-refractivity contribution in [1.29, 1.82) is 0 Å². The number of nitrogens with zero attached hydrogens (tertiary/aromatic N) is 7. The Labute approximate surface area is 157 Å². The Kier molecular flexibility index (Phi) is 4.77. The van der Waals surface area contributed by atoms with E-state index in [-0.39, 0.29) is 0 Å². The fraction of sp³-hybridized carbons (Fsp3) is 0.333. The first-order chi connectivity index (χ1) is 12.7. The molecule has 1 aliphatic rings. The maximum Gasteiger partial charge on any atom is 0.225 e. The smallest absolute Gasteiger partial charge is 0.225 e. The number of hydrogen-bond acceptors (Lipinski definition) is 6. The van der Waals surface area contributed by atoms with E-state index in [1.165, 1.54) is 5.56 Å². The molecule has 1 aliphatic heterocycles. The highest BCUT2D eigenvalue weighted by Gasteiger charge is 2.19. The van der Waals surface area contributed by atoms with E-state index < -0.39 is 0 Å². The second-order valence-corrected chi connectivity index (χ2v) is 6.73. The van der Waals surface area contributed by atoms with Gasteiger partial charge in [0.05, 0.1) is 12.4 Å². The van der Waals surface area contributed by atoms with Crippen LogP contribution in [0.1, 0.15) is 5.56 Å². The lowest BCUT2D eigenvalue weighted by molar-refractivity contribution is 0.193. The van der Waals surface area contributed by atoms with Crippen LogP contribution in [0.25, 0.3) is 5.69 Å². The van der Waals surface area contributed by atoms with E-state index >= 15 is 0 Å². The Morgan fingerprint density at radius 2 is 1.73 bits per heavy atom. The second kappa shape index (κ2) is 7.35. The SMILES string of the molecule is Cc1ccccc1-n1cnn(CN2CCN(c3ncccn3)CC2)c1=S. The number of hydrogen-bond donors (Lipinski definition) is 0. The Hall–Kier alpha value is -2.58. The summed E-state index contributed by atoms with van der Waals surface area (Å²) < 4.78 is 4.57. The topological polar surface area (TPSA) is 55.0 Å². The minimum Gasteiger partial charge on any atom is -0.338 e. The van der Waals surface area contributed by atoms with Gasteiger partial charge in [-0.25, -0.2) is 14.6 Å². The lowest BCUT2D eigenvalue weighted by Crippen LogP contribution is -2.47. The van der Waals surface area contributed by atoms with Crippen LogP contribution in [0.3, 0.4) is 0 Å². The third-order valence-corrected chi connectivity index (χ3v) is 5.06. The first-order valence-electron chi connectivity index (χ1n) is 8.67. The molecule has 0 saturated carbocycles. The van der Waals surface area contributed by atoms with Gasteiger partial charge in [-0.1, -0.05) is 18.2 Å². The molecule has 0 amide bonds. The van der Waals surface area contributed by atoms with Crippen molar-refractivity contribution in [2.45, 2.75) is 13.6 Å². The molecule has 3 heterocycles. The van der Waals surface area contributed by atoms with Crippen LogP contribution < -0.4 is 4.90 Å². The van der Waals surface area contributed by atoms with Crippen molar-refractivity contribution in [3.8, 4) is 5.69 Å². The van der Waals surface area contributed by atoms with Crippen LogP contribution in [-0.4, -0.2) is 55.4 Å². The first kappa shape index (κ1) is 16.9. The van der Waals surface area contributed by atoms with Crippen molar-refractivity contribution < 1.29 is 0 Å². The lowest BCUT2D eigenvalue weighted by atomic mass is 10.2. The van der Waals surface area contributed by atoms with E-state index in [0.29, 0.717) is 11.4 Å². The molecule has 134 valence electrons. The zero-order valence-electron chi connectivity index (χ0n) is 14.7. The Balaban J connectivity index is 1.43. The molecular weight excluding hydrogens is 346 g/mol. The van der Waals surface area contributed by atoms with E-state index in [1.807, 2.05) is 27.4 Å². The van der Waals surface area contributed by atoms with Crippen molar-refractivity contribution in [3.63, 3.8) is 0 Å². The van der Waals surface area contributed by atoms with Gasteiger partial charge in [0.1, 0.15) is 6.33 Å². The van der Waals surface area contributed by atoms with Gasteiger partial charge in [-0.3, -0.25) is 9.47 Å². The normalized spacial score (nSPS) is 15.3. The molecule has 7 nitrogen and oxygen atoms in total. The van der Waals surface area contributed by atoms with Gasteiger partial charge in [-0.15, -0.1) is 0 Å². The van der Waals surface area contributed by atoms with Crippen LogP contribution in [0, 0.1) is 11.7 Å². The molecule has 0 bridgehead atoms. The van der Waals surface area contributed by atoms with E-state index in [2.05, 4.69) is 43.9 Å². The molecule has 0 unspecified atom stereocenters. The third kappa shape index (κ3) is 3.38. The predicted molar refractivity (Wildman–Crippen MR) is 103 cm³/mol. The summed E-state index contributed by atoms with van der Waals surface area (Å²) in [6.45, 7) is 6.43. The fourth-order valence-corrected chi connectivity index (χ4v) is 3.42. The standard InChI is InChI=1S/C18H21N7S/c1-15-5-2-3-6-16(15)24-13-21-25(18(24)26)14-22-9-11-23(12-10-22)17-19-7-4-8-20-17/h2-8,13H,9-12,14H2,1H3. The number of para-hydroxylation sites is 1. The predicted octanol–water partition coefficient (Wildman–Crippen LogP) is 2.28. The van der Waals surface area contributed by atoms with Crippen LogP contribution in [0.2, 0.25) is 0 Å². The average Bonchev–Trinajstić information content (AvgIpc) is 3.04. The number of aryl methyl sites for hydroxylation is 1. The Morgan fingerprint density at radius 1 is 1.00 bits per heavy atom. The fourth-order valence-electron chi connectivity index (χ4n) is 3.17. The minimum absolute atomic E-state index is 0.696. The molecule has 1 aromatic carbocycles. The zero-order chi connectivity index (χ0) is 17.9. The highest BCUT2D eigenvalue weighted by atomic mass is 32.1. The number of rotatable bonds is 4. The molecule has 0 spiro atoms. The van der Waals surface area contributed by atoms with Crippen molar-refractivity contribution in [3.05, 3.63) is 59.4 Å². The summed E-state index contributed by atoms with van der Waals surface area (Å²) in [5, 5.41) is 4.50. The van der Waals surface area contributed by atoms with Gasteiger partial charge in [0.15, 0.2) is 0 Å². The monoisotopic (exact) mass is 367 g/mol. The van der Waals surface area contributed by atoms with Gasteiger partial charge in [-0.2, -0.15) is 5.10 Å². The number of anilines is 1. The highest BCUT2D eigenvalue weighted by molar-refractivity contribution is 7.71. The van der Waals surface area contributed by atoms with E-state index in [4.69, 9.17) is 12.2 Å². The van der Waals surface area contributed by atoms with Crippen LogP contribution in [-0.2, 0) is 6.67 Å². The zero-order valence-corrected chi connectivity index (χ0v) is 15.5. The summed E-state index contributed by atoms with van der Waals surface area (Å²) in [4.78, 5) is 13.2. The maximum atomic E-state index is 5.64. The summed E-state index contributed by atoms with van der Waals surface area (Å²) in [6.07, 6.45) is 5.37. The van der Waals surface area contributed by atoms with Crippen molar-refractivity contribution >= 4 is 18.2 Å². The number of piperazine rings is 1. The van der Waals surface area contributed by atoms with Crippen molar-refractivity contribution in [2.75, 3.05) is 31.1 Å². The largest absolute Gasteiger partial charge is 0.338 e. The van der Waals surface area contributed by atoms with E-state index in [1.54, 1.807) is 18.7 Å². The second-order valence-electron chi connectivity index (χ2n) is 6.36. The van der Waals surface area contributed by atoms with Gasteiger partial charge >= 0.3 is 0 Å². The van der Waals surface area contributed by atoms with Gasteiger partial charge < -0.3 is 4.90 Å². The first-order valence-corrected chi connectivity index (χ1v) is 9.08. The summed E-state index contributed by atoms with van der Waals surface area (Å²) in [5.41, 5.74) is 2.26. The van der Waals surface area contributed by atoms with E-state index in [0.717, 1.165) is 37.8 Å². The van der Waals surface area contributed by atoms with Crippen LogP contribution in [0.4, 0.5) is 5.95 Å². The highest BCUT2D eigenvalue weighted by Crippen LogP contribution is 2.15. The molecule has 1 fully saturated rings. The summed E-state index contributed by atoms with van der Waals surface area (Å²) in [6, 6.07) is 10.0. The number of aromatic nitrogens is 5. The molecule has 8 heteroatoms. The molecule has 3 aromatic rings. The molecule has 1 saturated heterocycles. The van der Waals surface area contributed by atoms with Crippen LogP contribution in [0.15, 0.2) is 49.1 Å². The molecule has 0 radical (unpaired) electrons. The van der Waals surface area contributed by atoms with Gasteiger partial charge in [0, 0.05) is 38.6 Å². The van der Waals surface area contributed by atoms with Gasteiger partial charge in [0.25, 0.3) is 0 Å². The summed E-state index contributed by atoms with van der Waals surface area (Å²) >= 11 is 5.64. The molecular formula is C18H21N7S. The average molecular weight is 367 g/mol. The van der Waals surface area contributed by atoms with Crippen molar-refractivity contribution in [2.24, 2.45) is 0 Å². The van der Waals surface area contributed by atoms with Crippen molar-refractivity contribution in [1.82, 2.24) is 29.2 Å². The number of benzene rings is 1. The molecule has 26 heavy (non-hydrogen) atoms. The molecule has 0 N–H and O–H groups in total. The van der Waals surface area contributed by atoms with Crippen LogP contribution >= 0.6 is 12.2 Å². The molecule has 0 aliphatic carbocycles. The molecule has 2 aromatic heterocycles. The molecule has 0 atom stereocenters. The van der Waals surface area contributed by atoms with Gasteiger partial charge in [0.2, 0.25) is 10.7 Å². The lowest BCUT2D eigenvalue weighted by Gasteiger charge is -2.34. The van der Waals surface area contributed by atoms with E-state index in [9.17, 15) is 0 Å². The quantitative estimate of drug-likeness (QED) is 0.660. The third-order valence-electron chi connectivity index (χ3n) is 4.65. The van der Waals surface area contributed by atoms with Crippen LogP contribution in [0.5, 0.6) is 0 Å². The Bertz CT molecular complexity index is 926. The Morgan fingerprint density at radius 3 is 2.46 bits per heavy atom. The summed E-state index contributed by atoms with van der Waals surface area (Å²) in [7, 11) is 0. The maximum absolute atomic E-state index is 5.64.